The Labute approximate surface area is 44.6 Å². The molecule has 0 aliphatic rings. The fourth-order valence-electron chi connectivity index (χ4n) is 0.156. The Morgan fingerprint density at radius 2 is 2.57 bits per heavy atom. The third-order valence-corrected chi connectivity index (χ3v) is 0.762. The minimum Gasteiger partial charge on any atom is -0.326 e. The van der Waals surface area contributed by atoms with E-state index in [1.807, 2.05) is 6.07 Å². The van der Waals surface area contributed by atoms with Gasteiger partial charge in [0.25, 0.3) is 0 Å². The summed E-state index contributed by atoms with van der Waals surface area (Å²) < 4.78 is 4.71. The van der Waals surface area contributed by atoms with Gasteiger partial charge in [-0.05, 0) is 6.30 Å². The zero-order valence-electron chi connectivity index (χ0n) is 3.92. The lowest BCUT2D eigenvalue weighted by molar-refractivity contribution is 0.381. The SMILES string of the molecule is C=POCCC#N. The Morgan fingerprint density at radius 3 is 3.00 bits per heavy atom. The van der Waals surface area contributed by atoms with E-state index in [-0.39, 0.29) is 0 Å². The van der Waals surface area contributed by atoms with Crippen LogP contribution < -0.4 is 0 Å². The fourth-order valence-corrected chi connectivity index (χ4v) is 0.376. The lowest BCUT2D eigenvalue weighted by Crippen LogP contribution is -1.77. The van der Waals surface area contributed by atoms with Gasteiger partial charge in [0.15, 0.2) is 0 Å². The van der Waals surface area contributed by atoms with E-state index in [9.17, 15) is 0 Å². The minimum atomic E-state index is 0.461. The number of hydrogen-bond donors (Lipinski definition) is 0. The molecule has 7 heavy (non-hydrogen) atoms. The van der Waals surface area contributed by atoms with Gasteiger partial charge in [-0.25, -0.2) is 0 Å². The highest BCUT2D eigenvalue weighted by Crippen LogP contribution is 1.92. The maximum atomic E-state index is 7.94. The zero-order valence-corrected chi connectivity index (χ0v) is 4.82. The first-order valence-electron chi connectivity index (χ1n) is 1.86. The van der Waals surface area contributed by atoms with Crippen LogP contribution in [-0.2, 0) is 4.52 Å². The van der Waals surface area contributed by atoms with Crippen molar-refractivity contribution in [3.05, 3.63) is 0 Å². The summed E-state index contributed by atoms with van der Waals surface area (Å²) in [7, 11) is 0.653. The number of rotatable bonds is 3. The van der Waals surface area contributed by atoms with Crippen LogP contribution >= 0.6 is 8.43 Å². The van der Waals surface area contributed by atoms with Crippen molar-refractivity contribution in [1.82, 2.24) is 0 Å². The predicted octanol–water partition coefficient (Wildman–Crippen LogP) is 1.21. The molecular weight excluding hydrogens is 109 g/mol. The number of nitrogens with zero attached hydrogens (tertiary/aromatic N) is 1. The van der Waals surface area contributed by atoms with Gasteiger partial charge in [-0.1, -0.05) is 0 Å². The standard InChI is InChI=1S/C4H6NOP/c1-7-6-4-2-3-5/h1-2,4H2. The molecule has 0 aromatic carbocycles. The highest BCUT2D eigenvalue weighted by molar-refractivity contribution is 7.30. The van der Waals surface area contributed by atoms with Crippen molar-refractivity contribution in [3.8, 4) is 6.07 Å². The van der Waals surface area contributed by atoms with Crippen molar-refractivity contribution in [2.45, 2.75) is 6.42 Å². The molecule has 0 bridgehead atoms. The third kappa shape index (κ3) is 5.62. The summed E-state index contributed by atoms with van der Waals surface area (Å²) in [5.74, 6) is 0. The Kier molecular flexibility index (Phi) is 5.31. The van der Waals surface area contributed by atoms with Crippen molar-refractivity contribution in [1.29, 1.82) is 5.26 Å². The fraction of sp³-hybridized carbons (Fsp3) is 0.500. The molecule has 0 spiro atoms. The van der Waals surface area contributed by atoms with Crippen LogP contribution in [0.5, 0.6) is 0 Å². The molecule has 0 unspecified atom stereocenters. The van der Waals surface area contributed by atoms with Gasteiger partial charge in [0.1, 0.15) is 0 Å². The van der Waals surface area contributed by atoms with Crippen LogP contribution in [-0.4, -0.2) is 12.9 Å². The maximum absolute atomic E-state index is 7.94. The first-order valence-corrected chi connectivity index (χ1v) is 2.86. The van der Waals surface area contributed by atoms with Gasteiger partial charge in [0, 0.05) is 8.43 Å². The van der Waals surface area contributed by atoms with E-state index in [0.717, 1.165) is 0 Å². The van der Waals surface area contributed by atoms with Crippen molar-refractivity contribution in [2.75, 3.05) is 6.61 Å². The maximum Gasteiger partial charge on any atom is 0.0704 e. The monoisotopic (exact) mass is 115 g/mol. The average Bonchev–Trinajstić information content (AvgIpc) is 1.69. The Bertz CT molecular complexity index is 86.2. The topological polar surface area (TPSA) is 33.0 Å². The van der Waals surface area contributed by atoms with Gasteiger partial charge in [0.05, 0.1) is 19.1 Å². The van der Waals surface area contributed by atoms with E-state index in [1.165, 1.54) is 0 Å². The molecule has 0 N–H and O–H groups in total. The average molecular weight is 115 g/mol. The highest BCUT2D eigenvalue weighted by Gasteiger charge is 1.76. The normalized spacial score (nSPS) is 8.43. The van der Waals surface area contributed by atoms with E-state index in [4.69, 9.17) is 9.79 Å². The minimum absolute atomic E-state index is 0.461. The van der Waals surface area contributed by atoms with E-state index in [0.29, 0.717) is 21.5 Å². The van der Waals surface area contributed by atoms with Crippen molar-refractivity contribution in [2.24, 2.45) is 0 Å². The molecular formula is C4H6NOP. The summed E-state index contributed by atoms with van der Waals surface area (Å²) in [6.45, 7) is 0.502. The van der Waals surface area contributed by atoms with Crippen molar-refractivity contribution >= 4 is 14.7 Å². The van der Waals surface area contributed by atoms with E-state index in [2.05, 4.69) is 6.30 Å². The number of nitriles is 1. The van der Waals surface area contributed by atoms with Gasteiger partial charge in [-0.2, -0.15) is 5.26 Å². The summed E-state index contributed by atoms with van der Waals surface area (Å²) in [4.78, 5) is 0. The molecule has 2 nitrogen and oxygen atoms in total. The van der Waals surface area contributed by atoms with Crippen LogP contribution in [0.1, 0.15) is 6.42 Å². The second kappa shape index (κ2) is 5.62. The summed E-state index contributed by atoms with van der Waals surface area (Å²) in [5, 5.41) is 7.94. The summed E-state index contributed by atoms with van der Waals surface area (Å²) >= 11 is 0. The molecule has 0 amide bonds. The van der Waals surface area contributed by atoms with E-state index in [1.54, 1.807) is 0 Å². The summed E-state index contributed by atoms with van der Waals surface area (Å²) in [6.07, 6.45) is 3.86. The molecule has 0 atom stereocenters. The van der Waals surface area contributed by atoms with Crippen LogP contribution in [0.3, 0.4) is 0 Å². The lowest BCUT2D eigenvalue weighted by atomic mass is 10.5. The Morgan fingerprint density at radius 1 is 1.86 bits per heavy atom. The van der Waals surface area contributed by atoms with Gasteiger partial charge in [-0.3, -0.25) is 0 Å². The predicted molar refractivity (Wildman–Crippen MR) is 30.2 cm³/mol. The highest BCUT2D eigenvalue weighted by atomic mass is 31.1. The zero-order chi connectivity index (χ0) is 5.54. The van der Waals surface area contributed by atoms with E-state index >= 15 is 0 Å². The number of hydrogen-bond acceptors (Lipinski definition) is 2. The van der Waals surface area contributed by atoms with Gasteiger partial charge < -0.3 is 4.52 Å². The second-order valence-corrected chi connectivity index (χ2v) is 1.39. The third-order valence-electron chi connectivity index (χ3n) is 0.396. The largest absolute Gasteiger partial charge is 0.326 e. The Hall–Kier alpha value is -0.380. The molecule has 0 rings (SSSR count). The molecule has 0 saturated heterocycles. The van der Waals surface area contributed by atoms with Crippen LogP contribution in [0.2, 0.25) is 0 Å². The molecule has 0 fully saturated rings. The first kappa shape index (κ1) is 6.62. The molecule has 0 aromatic rings. The molecule has 0 aromatic heterocycles. The molecule has 0 radical (unpaired) electrons. The van der Waals surface area contributed by atoms with Gasteiger partial charge in [-0.15, -0.1) is 0 Å². The molecule has 0 heterocycles. The lowest BCUT2D eigenvalue weighted by Gasteiger charge is -1.83. The molecule has 0 aliphatic carbocycles. The Balaban J connectivity index is 2.72. The summed E-state index contributed by atoms with van der Waals surface area (Å²) in [5.41, 5.74) is 0. The molecule has 38 valence electrons. The van der Waals surface area contributed by atoms with Crippen LogP contribution in [0, 0.1) is 11.3 Å². The second-order valence-electron chi connectivity index (χ2n) is 0.870. The van der Waals surface area contributed by atoms with Gasteiger partial charge >= 0.3 is 0 Å². The molecule has 0 aliphatic heterocycles. The van der Waals surface area contributed by atoms with Crippen LogP contribution in [0.25, 0.3) is 0 Å². The van der Waals surface area contributed by atoms with E-state index < -0.39 is 0 Å². The van der Waals surface area contributed by atoms with Crippen LogP contribution in [0.4, 0.5) is 0 Å². The smallest absolute Gasteiger partial charge is 0.0704 e. The first-order chi connectivity index (χ1) is 3.41. The summed E-state index contributed by atoms with van der Waals surface area (Å²) in [6, 6.07) is 1.95. The van der Waals surface area contributed by atoms with Crippen LogP contribution in [0.15, 0.2) is 0 Å². The molecule has 3 heteroatoms. The molecule has 0 saturated carbocycles. The van der Waals surface area contributed by atoms with Crippen molar-refractivity contribution in [3.63, 3.8) is 0 Å². The quantitative estimate of drug-likeness (QED) is 0.409. The van der Waals surface area contributed by atoms with Gasteiger partial charge in [0.2, 0.25) is 0 Å². The van der Waals surface area contributed by atoms with Crippen molar-refractivity contribution < 1.29 is 4.52 Å².